The number of alkyl carbamates (subject to hydrolysis) is 1. The molecule has 2 aromatic heterocycles. The number of nitrogens with zero attached hydrogens (tertiary/aromatic N) is 2. The maximum Gasteiger partial charge on any atom is 0.417 e. The highest BCUT2D eigenvalue weighted by Gasteiger charge is 2.36. The minimum absolute atomic E-state index is 0.0641. The van der Waals surface area contributed by atoms with E-state index in [1.807, 2.05) is 13.8 Å². The molecule has 1 unspecified atom stereocenters. The third kappa shape index (κ3) is 7.00. The van der Waals surface area contributed by atoms with E-state index in [9.17, 15) is 22.2 Å². The SMILES string of the molecule is CC(C)OC(=O)NC1CCC(c2ncc(-c3ccc(Nc4ccc(C(F)(F)F)cn4)cc3S(=N)(=O)C3CC3)s2)CC1. The predicted octanol–water partition coefficient (Wildman–Crippen LogP) is 7.70. The number of thiazole rings is 1. The van der Waals surface area contributed by atoms with E-state index in [1.165, 1.54) is 17.4 Å². The first-order valence-corrected chi connectivity index (χ1v) is 16.0. The molecule has 13 heteroatoms. The van der Waals surface area contributed by atoms with Crippen LogP contribution < -0.4 is 10.6 Å². The molecule has 1 amide bonds. The van der Waals surface area contributed by atoms with Gasteiger partial charge in [0, 0.05) is 40.9 Å². The van der Waals surface area contributed by atoms with E-state index < -0.39 is 27.6 Å². The second kappa shape index (κ2) is 11.6. The normalized spacial score (nSPS) is 20.8. The molecular weight excluding hydrogens is 575 g/mol. The molecular formula is C28H32F3N5O3S2. The zero-order chi connectivity index (χ0) is 29.4. The van der Waals surface area contributed by atoms with Crippen LogP contribution >= 0.6 is 11.3 Å². The van der Waals surface area contributed by atoms with Crippen LogP contribution in [0.5, 0.6) is 0 Å². The smallest absolute Gasteiger partial charge is 0.417 e. The highest BCUT2D eigenvalue weighted by Crippen LogP contribution is 2.43. The van der Waals surface area contributed by atoms with Gasteiger partial charge >= 0.3 is 12.3 Å². The van der Waals surface area contributed by atoms with Crippen LogP contribution in [0.4, 0.5) is 29.5 Å². The van der Waals surface area contributed by atoms with Gasteiger partial charge in [0.25, 0.3) is 0 Å². The standard InChI is InChI=1S/C28H32F3N5O3S2/c1-16(2)39-27(37)36-19-6-3-17(4-7-19)26-34-15-23(40-26)22-11-8-20(13-24(22)41(32,38)21-9-10-21)35-25-12-5-18(14-33-25)28(29,30)31/h5,8,11-17,19,21,32H,3-4,6-7,9-10H2,1-2H3,(H,33,35)(H,36,37). The number of carbonyl (C=O) groups excluding carboxylic acids is 1. The molecule has 2 aliphatic rings. The fraction of sp³-hybridized carbons (Fsp3) is 0.464. The molecule has 1 aromatic carbocycles. The van der Waals surface area contributed by atoms with Crippen molar-refractivity contribution in [1.29, 1.82) is 4.78 Å². The lowest BCUT2D eigenvalue weighted by atomic mass is 9.86. The lowest BCUT2D eigenvalue weighted by Crippen LogP contribution is -2.38. The number of ether oxygens (including phenoxy) is 1. The molecule has 0 saturated heterocycles. The summed E-state index contributed by atoms with van der Waals surface area (Å²) in [6.45, 7) is 3.62. The van der Waals surface area contributed by atoms with Crippen LogP contribution in [0, 0.1) is 4.78 Å². The number of alkyl halides is 3. The average molecular weight is 608 g/mol. The van der Waals surface area contributed by atoms with Crippen LogP contribution in [0.2, 0.25) is 0 Å². The third-order valence-electron chi connectivity index (χ3n) is 7.20. The molecule has 3 aromatic rings. The molecule has 2 aliphatic carbocycles. The van der Waals surface area contributed by atoms with E-state index in [0.717, 1.165) is 60.7 Å². The first kappa shape index (κ1) is 29.3. The Labute approximate surface area is 241 Å². The van der Waals surface area contributed by atoms with E-state index in [-0.39, 0.29) is 29.1 Å². The van der Waals surface area contributed by atoms with Crippen molar-refractivity contribution in [3.63, 3.8) is 0 Å². The van der Waals surface area contributed by atoms with Gasteiger partial charge in [-0.1, -0.05) is 6.07 Å². The maximum absolute atomic E-state index is 13.6. The Morgan fingerprint density at radius 1 is 1.07 bits per heavy atom. The zero-order valence-corrected chi connectivity index (χ0v) is 24.3. The van der Waals surface area contributed by atoms with Gasteiger partial charge < -0.3 is 15.4 Å². The van der Waals surface area contributed by atoms with Crippen LogP contribution in [0.15, 0.2) is 47.6 Å². The van der Waals surface area contributed by atoms with E-state index in [4.69, 9.17) is 9.52 Å². The van der Waals surface area contributed by atoms with Crippen LogP contribution in [-0.4, -0.2) is 37.7 Å². The largest absolute Gasteiger partial charge is 0.447 e. The Morgan fingerprint density at radius 3 is 2.41 bits per heavy atom. The summed E-state index contributed by atoms with van der Waals surface area (Å²) < 4.78 is 66.3. The summed E-state index contributed by atoms with van der Waals surface area (Å²) in [5.41, 5.74) is 0.322. The number of rotatable bonds is 8. The van der Waals surface area contributed by atoms with Crippen molar-refractivity contribution >= 4 is 38.7 Å². The van der Waals surface area contributed by atoms with Gasteiger partial charge in [0.2, 0.25) is 0 Å². The second-order valence-corrected chi connectivity index (χ2v) is 14.1. The number of carbonyl (C=O) groups is 1. The Kier molecular flexibility index (Phi) is 8.29. The summed E-state index contributed by atoms with van der Waals surface area (Å²) in [6.07, 6.45) is 2.28. The summed E-state index contributed by atoms with van der Waals surface area (Å²) in [7, 11) is -3.11. The lowest BCUT2D eigenvalue weighted by molar-refractivity contribution is -0.137. The number of nitrogens with one attached hydrogen (secondary N) is 3. The fourth-order valence-electron chi connectivity index (χ4n) is 4.92. The van der Waals surface area contributed by atoms with Gasteiger partial charge in [-0.25, -0.2) is 23.8 Å². The van der Waals surface area contributed by atoms with Crippen LogP contribution in [0.25, 0.3) is 10.4 Å². The minimum atomic E-state index is -4.48. The summed E-state index contributed by atoms with van der Waals surface area (Å²) in [4.78, 5) is 21.7. The number of pyridine rings is 1. The van der Waals surface area contributed by atoms with Crippen LogP contribution in [0.1, 0.15) is 68.9 Å². The van der Waals surface area contributed by atoms with Gasteiger partial charge in [-0.3, -0.25) is 0 Å². The number of benzene rings is 1. The van der Waals surface area contributed by atoms with Crippen molar-refractivity contribution in [2.75, 3.05) is 5.32 Å². The molecule has 3 N–H and O–H groups in total. The molecule has 0 bridgehead atoms. The first-order valence-electron chi connectivity index (χ1n) is 13.6. The highest BCUT2D eigenvalue weighted by molar-refractivity contribution is 7.93. The number of amides is 1. The predicted molar refractivity (Wildman–Crippen MR) is 152 cm³/mol. The average Bonchev–Trinajstić information content (AvgIpc) is 3.67. The topological polar surface area (TPSA) is 117 Å². The maximum atomic E-state index is 13.6. The lowest BCUT2D eigenvalue weighted by Gasteiger charge is -2.28. The molecule has 0 radical (unpaired) electrons. The molecule has 0 spiro atoms. The Bertz CT molecular complexity index is 1490. The number of anilines is 2. The van der Waals surface area contributed by atoms with Gasteiger partial charge in [-0.2, -0.15) is 13.2 Å². The molecule has 2 heterocycles. The Hall–Kier alpha value is -3.19. The van der Waals surface area contributed by atoms with Crippen molar-refractivity contribution in [3.8, 4) is 10.4 Å². The van der Waals surface area contributed by atoms with E-state index in [0.29, 0.717) is 16.1 Å². The van der Waals surface area contributed by atoms with Crippen molar-refractivity contribution < 1.29 is 26.9 Å². The highest BCUT2D eigenvalue weighted by atomic mass is 32.2. The van der Waals surface area contributed by atoms with Gasteiger partial charge in [-0.05, 0) is 76.6 Å². The van der Waals surface area contributed by atoms with E-state index in [1.54, 1.807) is 24.4 Å². The molecule has 41 heavy (non-hydrogen) atoms. The monoisotopic (exact) mass is 607 g/mol. The summed E-state index contributed by atoms with van der Waals surface area (Å²) in [5.74, 6) is 0.453. The molecule has 1 atom stereocenters. The summed E-state index contributed by atoms with van der Waals surface area (Å²) >= 11 is 1.52. The molecule has 8 nitrogen and oxygen atoms in total. The van der Waals surface area contributed by atoms with Crippen LogP contribution in [-0.2, 0) is 20.6 Å². The molecule has 220 valence electrons. The zero-order valence-electron chi connectivity index (χ0n) is 22.7. The van der Waals surface area contributed by atoms with Crippen LogP contribution in [0.3, 0.4) is 0 Å². The van der Waals surface area contributed by atoms with Gasteiger partial charge in [0.1, 0.15) is 5.82 Å². The summed E-state index contributed by atoms with van der Waals surface area (Å²) in [5, 5.41) is 6.66. The van der Waals surface area contributed by atoms with Crippen molar-refractivity contribution in [2.45, 2.75) is 86.8 Å². The third-order valence-corrected chi connectivity index (χ3v) is 10.8. The Balaban J connectivity index is 1.33. The molecule has 0 aliphatic heterocycles. The second-order valence-electron chi connectivity index (χ2n) is 10.8. The number of aromatic nitrogens is 2. The first-order chi connectivity index (χ1) is 19.4. The van der Waals surface area contributed by atoms with Gasteiger partial charge in [0.15, 0.2) is 0 Å². The molecule has 5 rings (SSSR count). The number of hydrogen-bond acceptors (Lipinski definition) is 8. The number of halogens is 3. The minimum Gasteiger partial charge on any atom is -0.447 e. The van der Waals surface area contributed by atoms with Gasteiger partial charge in [0.05, 0.1) is 36.2 Å². The van der Waals surface area contributed by atoms with E-state index in [2.05, 4.69) is 20.6 Å². The fourth-order valence-corrected chi connectivity index (χ4v) is 8.07. The quantitative estimate of drug-likeness (QED) is 0.242. The van der Waals surface area contributed by atoms with Crippen molar-refractivity contribution in [3.05, 3.63) is 53.3 Å². The summed E-state index contributed by atoms with van der Waals surface area (Å²) in [6, 6.07) is 7.43. The molecule has 2 fully saturated rings. The van der Waals surface area contributed by atoms with Crippen molar-refractivity contribution in [1.82, 2.24) is 15.3 Å². The van der Waals surface area contributed by atoms with Gasteiger partial charge in [-0.15, -0.1) is 11.3 Å². The number of hydrogen-bond donors (Lipinski definition) is 3. The van der Waals surface area contributed by atoms with Crippen molar-refractivity contribution in [2.24, 2.45) is 0 Å². The Morgan fingerprint density at radius 2 is 1.80 bits per heavy atom. The molecule has 2 saturated carbocycles. The van der Waals surface area contributed by atoms with E-state index >= 15 is 0 Å².